The summed E-state index contributed by atoms with van der Waals surface area (Å²) in [6.45, 7) is 5.78. The summed E-state index contributed by atoms with van der Waals surface area (Å²) in [6, 6.07) is 14.2. The van der Waals surface area contributed by atoms with Crippen molar-refractivity contribution in [2.45, 2.75) is 20.8 Å². The van der Waals surface area contributed by atoms with Crippen molar-refractivity contribution in [3.63, 3.8) is 0 Å². The fourth-order valence-electron chi connectivity index (χ4n) is 2.79. The van der Waals surface area contributed by atoms with Crippen LogP contribution in [0.25, 0.3) is 0 Å². The summed E-state index contributed by atoms with van der Waals surface area (Å²) in [5.41, 5.74) is 4.66. The Bertz CT molecular complexity index is 1020. The maximum atomic E-state index is 12.6. The highest BCUT2D eigenvalue weighted by Crippen LogP contribution is 2.27. The lowest BCUT2D eigenvalue weighted by Crippen LogP contribution is -2.17. The Morgan fingerprint density at radius 2 is 1.57 bits per heavy atom. The maximum Gasteiger partial charge on any atom is 0.274 e. The number of rotatable bonds is 4. The number of aryl methyl sites for hydroxylation is 3. The van der Waals surface area contributed by atoms with Crippen LogP contribution in [-0.4, -0.2) is 16.8 Å². The molecular weight excluding hydrogens is 374 g/mol. The summed E-state index contributed by atoms with van der Waals surface area (Å²) in [4.78, 5) is 29.2. The monoisotopic (exact) mass is 393 g/mol. The third kappa shape index (κ3) is 4.56. The van der Waals surface area contributed by atoms with E-state index in [0.717, 1.165) is 16.7 Å². The van der Waals surface area contributed by atoms with Crippen LogP contribution in [0.5, 0.6) is 0 Å². The van der Waals surface area contributed by atoms with E-state index in [4.69, 9.17) is 11.6 Å². The van der Waals surface area contributed by atoms with E-state index in [1.54, 1.807) is 12.1 Å². The first-order valence-electron chi connectivity index (χ1n) is 8.75. The van der Waals surface area contributed by atoms with Crippen LogP contribution in [0.15, 0.2) is 54.7 Å². The average Bonchev–Trinajstić information content (AvgIpc) is 2.66. The molecule has 2 amide bonds. The number of aromatic nitrogens is 1. The minimum absolute atomic E-state index is 0.153. The van der Waals surface area contributed by atoms with Crippen molar-refractivity contribution >= 4 is 34.8 Å². The molecule has 0 saturated carbocycles. The molecule has 0 saturated heterocycles. The number of hydrogen-bond donors (Lipinski definition) is 2. The van der Waals surface area contributed by atoms with Gasteiger partial charge in [-0.1, -0.05) is 35.4 Å². The number of nitrogens with one attached hydrogen (secondary N) is 2. The summed E-state index contributed by atoms with van der Waals surface area (Å²) >= 11 is 6.26. The van der Waals surface area contributed by atoms with Crippen molar-refractivity contribution in [3.05, 3.63) is 87.7 Å². The number of carbonyl (C=O) groups excluding carboxylic acids is 2. The van der Waals surface area contributed by atoms with E-state index in [-0.39, 0.29) is 17.5 Å². The van der Waals surface area contributed by atoms with Crippen LogP contribution in [0, 0.1) is 20.8 Å². The second kappa shape index (κ2) is 8.23. The molecule has 2 aromatic carbocycles. The molecule has 0 fully saturated rings. The molecule has 0 spiro atoms. The first-order chi connectivity index (χ1) is 13.3. The molecule has 1 heterocycles. The summed E-state index contributed by atoms with van der Waals surface area (Å²) < 4.78 is 0. The van der Waals surface area contributed by atoms with E-state index >= 15 is 0 Å². The lowest BCUT2D eigenvalue weighted by Gasteiger charge is -2.12. The van der Waals surface area contributed by atoms with Gasteiger partial charge in [-0.15, -0.1) is 0 Å². The SMILES string of the molecule is Cc1ccc(NC(=O)c2cc(C(=O)Nc3c(C)cc(C)cc3Cl)ccn2)cc1. The number of pyridine rings is 1. The molecule has 2 N–H and O–H groups in total. The molecule has 0 aliphatic rings. The van der Waals surface area contributed by atoms with Crippen molar-refractivity contribution < 1.29 is 9.59 Å². The third-order valence-corrected chi connectivity index (χ3v) is 4.53. The van der Waals surface area contributed by atoms with Crippen LogP contribution in [0.3, 0.4) is 0 Å². The lowest BCUT2D eigenvalue weighted by molar-refractivity contribution is 0.102. The Hall–Kier alpha value is -3.18. The Labute approximate surface area is 168 Å². The van der Waals surface area contributed by atoms with Crippen LogP contribution >= 0.6 is 11.6 Å². The van der Waals surface area contributed by atoms with Gasteiger partial charge in [-0.2, -0.15) is 0 Å². The van der Waals surface area contributed by atoms with E-state index in [1.165, 1.54) is 12.3 Å². The van der Waals surface area contributed by atoms with Gasteiger partial charge in [0, 0.05) is 17.4 Å². The van der Waals surface area contributed by atoms with Crippen molar-refractivity contribution in [2.24, 2.45) is 0 Å². The first-order valence-corrected chi connectivity index (χ1v) is 9.13. The molecule has 5 nitrogen and oxygen atoms in total. The number of halogens is 1. The van der Waals surface area contributed by atoms with Gasteiger partial charge in [-0.25, -0.2) is 0 Å². The molecule has 1 aromatic heterocycles. The van der Waals surface area contributed by atoms with Crippen molar-refractivity contribution in [3.8, 4) is 0 Å². The predicted octanol–water partition coefficient (Wildman–Crippen LogP) is 5.16. The van der Waals surface area contributed by atoms with Crippen molar-refractivity contribution in [2.75, 3.05) is 10.6 Å². The van der Waals surface area contributed by atoms with E-state index in [2.05, 4.69) is 15.6 Å². The average molecular weight is 394 g/mol. The zero-order valence-electron chi connectivity index (χ0n) is 15.8. The van der Waals surface area contributed by atoms with Gasteiger partial charge in [-0.05, 0) is 62.2 Å². The molecule has 0 atom stereocenters. The molecular formula is C22H20ClN3O2. The summed E-state index contributed by atoms with van der Waals surface area (Å²) in [5, 5.41) is 6.05. The molecule has 0 unspecified atom stereocenters. The van der Waals surface area contributed by atoms with E-state index in [1.807, 2.05) is 51.1 Å². The van der Waals surface area contributed by atoms with Crippen molar-refractivity contribution in [1.29, 1.82) is 0 Å². The predicted molar refractivity (Wildman–Crippen MR) is 112 cm³/mol. The molecule has 0 bridgehead atoms. The van der Waals surface area contributed by atoms with Crippen LogP contribution in [-0.2, 0) is 0 Å². The molecule has 0 aliphatic heterocycles. The summed E-state index contributed by atoms with van der Waals surface area (Å²) in [7, 11) is 0. The maximum absolute atomic E-state index is 12.6. The highest BCUT2D eigenvalue weighted by molar-refractivity contribution is 6.34. The Kier molecular flexibility index (Phi) is 5.76. The van der Waals surface area contributed by atoms with E-state index in [0.29, 0.717) is 22.0 Å². The Morgan fingerprint density at radius 1 is 0.857 bits per heavy atom. The van der Waals surface area contributed by atoms with Gasteiger partial charge < -0.3 is 10.6 Å². The number of benzene rings is 2. The quantitative estimate of drug-likeness (QED) is 0.642. The largest absolute Gasteiger partial charge is 0.321 e. The highest BCUT2D eigenvalue weighted by atomic mass is 35.5. The normalized spacial score (nSPS) is 10.4. The molecule has 3 rings (SSSR count). The van der Waals surface area contributed by atoms with Gasteiger partial charge >= 0.3 is 0 Å². The second-order valence-corrected chi connectivity index (χ2v) is 7.05. The fourth-order valence-corrected chi connectivity index (χ4v) is 3.16. The van der Waals surface area contributed by atoms with Crippen LogP contribution < -0.4 is 10.6 Å². The fraction of sp³-hybridized carbons (Fsp3) is 0.136. The molecule has 6 heteroatoms. The standard InChI is InChI=1S/C22H20ClN3O2/c1-13-4-6-17(7-5-13)25-22(28)19-12-16(8-9-24-19)21(27)26-20-15(3)10-14(2)11-18(20)23/h4-12H,1-3H3,(H,25,28)(H,26,27). The van der Waals surface area contributed by atoms with E-state index in [9.17, 15) is 9.59 Å². The number of hydrogen-bond acceptors (Lipinski definition) is 3. The van der Waals surface area contributed by atoms with E-state index < -0.39 is 0 Å². The minimum atomic E-state index is -0.386. The second-order valence-electron chi connectivity index (χ2n) is 6.64. The molecule has 28 heavy (non-hydrogen) atoms. The number of nitrogens with zero attached hydrogens (tertiary/aromatic N) is 1. The van der Waals surface area contributed by atoms with Gasteiger partial charge in [0.2, 0.25) is 0 Å². The molecule has 142 valence electrons. The van der Waals surface area contributed by atoms with Crippen LogP contribution in [0.4, 0.5) is 11.4 Å². The topological polar surface area (TPSA) is 71.1 Å². The number of carbonyl (C=O) groups is 2. The van der Waals surface area contributed by atoms with Crippen molar-refractivity contribution in [1.82, 2.24) is 4.98 Å². The Balaban J connectivity index is 1.78. The molecule has 0 aliphatic carbocycles. The van der Waals surface area contributed by atoms with Gasteiger partial charge in [0.1, 0.15) is 5.69 Å². The first kappa shape index (κ1) is 19.6. The zero-order chi connectivity index (χ0) is 20.3. The van der Waals surface area contributed by atoms with Gasteiger partial charge in [0.25, 0.3) is 11.8 Å². The summed E-state index contributed by atoms with van der Waals surface area (Å²) in [5.74, 6) is -0.747. The third-order valence-electron chi connectivity index (χ3n) is 4.23. The van der Waals surface area contributed by atoms with Crippen LogP contribution in [0.2, 0.25) is 5.02 Å². The number of anilines is 2. The minimum Gasteiger partial charge on any atom is -0.321 e. The number of amides is 2. The van der Waals surface area contributed by atoms with Gasteiger partial charge in [-0.3, -0.25) is 14.6 Å². The smallest absolute Gasteiger partial charge is 0.274 e. The molecule has 3 aromatic rings. The zero-order valence-corrected chi connectivity index (χ0v) is 16.6. The molecule has 0 radical (unpaired) electrons. The summed E-state index contributed by atoms with van der Waals surface area (Å²) in [6.07, 6.45) is 1.43. The van der Waals surface area contributed by atoms with Gasteiger partial charge in [0.05, 0.1) is 10.7 Å². The van der Waals surface area contributed by atoms with Gasteiger partial charge in [0.15, 0.2) is 0 Å². The van der Waals surface area contributed by atoms with Crippen LogP contribution in [0.1, 0.15) is 37.5 Å². The Morgan fingerprint density at radius 3 is 2.25 bits per heavy atom. The lowest BCUT2D eigenvalue weighted by atomic mass is 10.1. The highest BCUT2D eigenvalue weighted by Gasteiger charge is 2.15.